The van der Waals surface area contributed by atoms with E-state index in [9.17, 15) is 5.11 Å². The van der Waals surface area contributed by atoms with Gasteiger partial charge in [-0.05, 0) is 63.7 Å². The summed E-state index contributed by atoms with van der Waals surface area (Å²) in [6.07, 6.45) is 10.6. The second-order valence-electron chi connectivity index (χ2n) is 6.32. The highest BCUT2D eigenvalue weighted by atomic mass is 16.5. The number of hydrogen-bond acceptors (Lipinski definition) is 2. The van der Waals surface area contributed by atoms with Crippen LogP contribution in [0.2, 0.25) is 0 Å². The van der Waals surface area contributed by atoms with Gasteiger partial charge in [0.05, 0.1) is 12.2 Å². The van der Waals surface area contributed by atoms with Crippen molar-refractivity contribution < 1.29 is 9.84 Å². The molecule has 18 heavy (non-hydrogen) atoms. The molecule has 104 valence electrons. The van der Waals surface area contributed by atoms with E-state index in [1.54, 1.807) is 0 Å². The van der Waals surface area contributed by atoms with Crippen molar-refractivity contribution in [3.05, 3.63) is 11.6 Å². The van der Waals surface area contributed by atoms with Crippen molar-refractivity contribution in [2.75, 3.05) is 6.61 Å². The summed E-state index contributed by atoms with van der Waals surface area (Å²) in [5.74, 6) is 1.12. The van der Waals surface area contributed by atoms with Crippen molar-refractivity contribution in [3.8, 4) is 0 Å². The summed E-state index contributed by atoms with van der Waals surface area (Å²) in [4.78, 5) is 0. The molecule has 1 heterocycles. The van der Waals surface area contributed by atoms with Crippen LogP contribution in [0, 0.1) is 11.8 Å². The number of aliphatic hydroxyl groups is 1. The Morgan fingerprint density at radius 1 is 1.50 bits per heavy atom. The van der Waals surface area contributed by atoms with E-state index in [0.29, 0.717) is 17.9 Å². The summed E-state index contributed by atoms with van der Waals surface area (Å²) < 4.78 is 5.62. The summed E-state index contributed by atoms with van der Waals surface area (Å²) in [6.45, 7) is 5.40. The van der Waals surface area contributed by atoms with Gasteiger partial charge in [0.15, 0.2) is 0 Å². The van der Waals surface area contributed by atoms with Gasteiger partial charge in [0.1, 0.15) is 0 Å². The van der Waals surface area contributed by atoms with Crippen molar-refractivity contribution in [1.29, 1.82) is 0 Å². The van der Waals surface area contributed by atoms with E-state index in [2.05, 4.69) is 19.9 Å². The summed E-state index contributed by atoms with van der Waals surface area (Å²) >= 11 is 0. The maximum atomic E-state index is 10.3. The molecule has 0 aromatic heterocycles. The van der Waals surface area contributed by atoms with Gasteiger partial charge in [0.2, 0.25) is 0 Å². The van der Waals surface area contributed by atoms with Crippen LogP contribution < -0.4 is 0 Å². The number of rotatable bonds is 5. The quantitative estimate of drug-likeness (QED) is 0.756. The van der Waals surface area contributed by atoms with E-state index < -0.39 is 0 Å². The molecule has 0 saturated carbocycles. The van der Waals surface area contributed by atoms with Gasteiger partial charge in [-0.1, -0.05) is 18.6 Å². The van der Waals surface area contributed by atoms with Crippen LogP contribution in [-0.4, -0.2) is 23.9 Å². The van der Waals surface area contributed by atoms with Gasteiger partial charge in [-0.25, -0.2) is 0 Å². The largest absolute Gasteiger partial charge is 0.393 e. The van der Waals surface area contributed by atoms with Crippen molar-refractivity contribution in [3.63, 3.8) is 0 Å². The molecule has 2 rings (SSSR count). The lowest BCUT2D eigenvalue weighted by Gasteiger charge is -2.29. The van der Waals surface area contributed by atoms with E-state index in [0.717, 1.165) is 38.7 Å². The minimum atomic E-state index is -0.113. The van der Waals surface area contributed by atoms with Gasteiger partial charge >= 0.3 is 0 Å². The molecule has 0 bridgehead atoms. The Morgan fingerprint density at radius 2 is 2.33 bits per heavy atom. The molecular formula is C16H28O2. The minimum Gasteiger partial charge on any atom is -0.393 e. The molecule has 0 spiro atoms. The molecule has 0 aromatic rings. The highest BCUT2D eigenvalue weighted by molar-refractivity contribution is 5.07. The third-order valence-corrected chi connectivity index (χ3v) is 4.42. The number of aliphatic hydroxyl groups excluding tert-OH is 1. The molecule has 0 aromatic carbocycles. The Morgan fingerprint density at radius 3 is 3.00 bits per heavy atom. The van der Waals surface area contributed by atoms with Crippen LogP contribution in [0.15, 0.2) is 11.6 Å². The first-order chi connectivity index (χ1) is 8.65. The predicted octanol–water partition coefficient (Wildman–Crippen LogP) is 3.69. The standard InChI is InChI=1S/C16H28O2/c1-12-9-13(2)11-14(10-12)16(17)7-3-5-15-6-4-8-18-15/h9,12,14-17H,3-8,10-11H2,1-2H3. The Labute approximate surface area is 111 Å². The first-order valence-corrected chi connectivity index (χ1v) is 7.62. The van der Waals surface area contributed by atoms with Crippen LogP contribution in [0.4, 0.5) is 0 Å². The van der Waals surface area contributed by atoms with E-state index in [-0.39, 0.29) is 6.10 Å². The highest BCUT2D eigenvalue weighted by Gasteiger charge is 2.25. The highest BCUT2D eigenvalue weighted by Crippen LogP contribution is 2.32. The molecule has 1 fully saturated rings. The normalized spacial score (nSPS) is 34.4. The average Bonchev–Trinajstić information content (AvgIpc) is 2.80. The van der Waals surface area contributed by atoms with Gasteiger partial charge in [0.25, 0.3) is 0 Å². The molecule has 1 N–H and O–H groups in total. The fourth-order valence-electron chi connectivity index (χ4n) is 3.55. The van der Waals surface area contributed by atoms with E-state index in [1.807, 2.05) is 0 Å². The van der Waals surface area contributed by atoms with Crippen LogP contribution in [0.5, 0.6) is 0 Å². The lowest BCUT2D eigenvalue weighted by Crippen LogP contribution is -2.25. The fraction of sp³-hybridized carbons (Fsp3) is 0.875. The van der Waals surface area contributed by atoms with Crippen LogP contribution in [0.25, 0.3) is 0 Å². The first-order valence-electron chi connectivity index (χ1n) is 7.62. The number of allylic oxidation sites excluding steroid dienone is 2. The molecule has 2 heteroatoms. The molecular weight excluding hydrogens is 224 g/mol. The Hall–Kier alpha value is -0.340. The lowest BCUT2D eigenvalue weighted by molar-refractivity contribution is 0.0689. The lowest BCUT2D eigenvalue weighted by atomic mass is 9.79. The summed E-state index contributed by atoms with van der Waals surface area (Å²) in [5, 5.41) is 10.3. The Balaban J connectivity index is 1.67. The van der Waals surface area contributed by atoms with Crippen molar-refractivity contribution >= 4 is 0 Å². The maximum Gasteiger partial charge on any atom is 0.0576 e. The Kier molecular flexibility index (Phi) is 5.25. The monoisotopic (exact) mass is 252 g/mol. The van der Waals surface area contributed by atoms with Gasteiger partial charge in [-0.2, -0.15) is 0 Å². The third kappa shape index (κ3) is 4.10. The molecule has 2 nitrogen and oxygen atoms in total. The average molecular weight is 252 g/mol. The summed E-state index contributed by atoms with van der Waals surface area (Å²) in [6, 6.07) is 0. The second-order valence-corrected chi connectivity index (χ2v) is 6.32. The zero-order valence-electron chi connectivity index (χ0n) is 11.9. The van der Waals surface area contributed by atoms with Crippen molar-refractivity contribution in [1.82, 2.24) is 0 Å². The molecule has 1 aliphatic carbocycles. The molecule has 1 aliphatic heterocycles. The molecule has 2 aliphatic rings. The first kappa shape index (κ1) is 14.1. The van der Waals surface area contributed by atoms with Crippen LogP contribution in [0.3, 0.4) is 0 Å². The Bertz CT molecular complexity index is 279. The van der Waals surface area contributed by atoms with Gasteiger partial charge in [0, 0.05) is 6.61 Å². The number of hydrogen-bond donors (Lipinski definition) is 1. The second kappa shape index (κ2) is 6.72. The summed E-state index contributed by atoms with van der Waals surface area (Å²) in [5.41, 5.74) is 1.46. The molecule has 0 radical (unpaired) electrons. The van der Waals surface area contributed by atoms with Crippen LogP contribution >= 0.6 is 0 Å². The molecule has 0 amide bonds. The smallest absolute Gasteiger partial charge is 0.0576 e. The van der Waals surface area contributed by atoms with Gasteiger partial charge < -0.3 is 9.84 Å². The van der Waals surface area contributed by atoms with Crippen molar-refractivity contribution in [2.24, 2.45) is 11.8 Å². The maximum absolute atomic E-state index is 10.3. The molecule has 4 unspecified atom stereocenters. The zero-order chi connectivity index (χ0) is 13.0. The SMILES string of the molecule is CC1=CC(C)CC(C(O)CCCC2CCCO2)C1. The van der Waals surface area contributed by atoms with E-state index >= 15 is 0 Å². The van der Waals surface area contributed by atoms with Gasteiger partial charge in [-0.3, -0.25) is 0 Å². The topological polar surface area (TPSA) is 29.5 Å². The minimum absolute atomic E-state index is 0.113. The van der Waals surface area contributed by atoms with Crippen LogP contribution in [-0.2, 0) is 4.74 Å². The number of ether oxygens (including phenoxy) is 1. The zero-order valence-corrected chi connectivity index (χ0v) is 11.9. The van der Waals surface area contributed by atoms with E-state index in [4.69, 9.17) is 4.74 Å². The summed E-state index contributed by atoms with van der Waals surface area (Å²) in [7, 11) is 0. The van der Waals surface area contributed by atoms with Crippen LogP contribution in [0.1, 0.15) is 58.8 Å². The molecule has 1 saturated heterocycles. The van der Waals surface area contributed by atoms with Gasteiger partial charge in [-0.15, -0.1) is 0 Å². The van der Waals surface area contributed by atoms with Crippen molar-refractivity contribution in [2.45, 2.75) is 71.0 Å². The predicted molar refractivity (Wildman–Crippen MR) is 74.5 cm³/mol. The fourth-order valence-corrected chi connectivity index (χ4v) is 3.55. The van der Waals surface area contributed by atoms with E-state index in [1.165, 1.54) is 18.4 Å². The molecule has 4 atom stereocenters. The third-order valence-electron chi connectivity index (χ3n) is 4.42.